The molecule has 6 nitrogen and oxygen atoms in total. The Morgan fingerprint density at radius 2 is 2.11 bits per heavy atom. The largest absolute Gasteiger partial charge is 0.493 e. The summed E-state index contributed by atoms with van der Waals surface area (Å²) in [6, 6.07) is 2.46. The van der Waals surface area contributed by atoms with Crippen molar-refractivity contribution in [3.05, 3.63) is 23.8 Å². The first kappa shape index (κ1) is 12.3. The van der Waals surface area contributed by atoms with Crippen LogP contribution in [0.5, 0.6) is 11.5 Å². The zero-order valence-corrected chi connectivity index (χ0v) is 9.94. The lowest BCUT2D eigenvalue weighted by Crippen LogP contribution is -1.97. The number of methoxy groups -OCH3 is 2. The third-order valence-electron chi connectivity index (χ3n) is 2.33. The highest BCUT2D eigenvalue weighted by atomic mass is 19.1. The summed E-state index contributed by atoms with van der Waals surface area (Å²) < 4.78 is 28.5. The van der Waals surface area contributed by atoms with Crippen molar-refractivity contribution < 1.29 is 18.4 Å². The fraction of sp³-hybridized carbons (Fsp3) is 0.273. The number of hydrogen-bond donors (Lipinski definition) is 1. The van der Waals surface area contributed by atoms with Crippen molar-refractivity contribution in [1.82, 2.24) is 10.1 Å². The Morgan fingerprint density at radius 1 is 1.33 bits per heavy atom. The second-order valence-electron chi connectivity index (χ2n) is 3.40. The van der Waals surface area contributed by atoms with Crippen LogP contribution in [-0.2, 0) is 6.54 Å². The number of rotatable bonds is 4. The molecule has 0 saturated carbocycles. The summed E-state index contributed by atoms with van der Waals surface area (Å²) >= 11 is 0. The van der Waals surface area contributed by atoms with Gasteiger partial charge in [-0.15, -0.1) is 0 Å². The Morgan fingerprint density at radius 3 is 2.67 bits per heavy atom. The monoisotopic (exact) mass is 253 g/mol. The molecule has 2 N–H and O–H groups in total. The first-order valence-corrected chi connectivity index (χ1v) is 5.14. The molecule has 0 atom stereocenters. The van der Waals surface area contributed by atoms with Crippen LogP contribution in [-0.4, -0.2) is 24.4 Å². The summed E-state index contributed by atoms with van der Waals surface area (Å²) in [5.74, 6) is 0.567. The van der Waals surface area contributed by atoms with Gasteiger partial charge in [0.25, 0.3) is 0 Å². The molecule has 0 aliphatic rings. The number of aromatic nitrogens is 2. The predicted molar refractivity (Wildman–Crippen MR) is 60.7 cm³/mol. The van der Waals surface area contributed by atoms with Crippen LogP contribution in [0.25, 0.3) is 11.4 Å². The molecule has 0 unspecified atom stereocenters. The molecule has 0 bridgehead atoms. The van der Waals surface area contributed by atoms with Crippen molar-refractivity contribution >= 4 is 0 Å². The molecule has 2 aromatic rings. The van der Waals surface area contributed by atoms with Crippen LogP contribution in [0.3, 0.4) is 0 Å². The Hall–Kier alpha value is -2.15. The van der Waals surface area contributed by atoms with Crippen molar-refractivity contribution in [3.63, 3.8) is 0 Å². The van der Waals surface area contributed by atoms with Gasteiger partial charge in [0.2, 0.25) is 11.7 Å². The average molecular weight is 253 g/mol. The van der Waals surface area contributed by atoms with Gasteiger partial charge in [-0.05, 0) is 6.07 Å². The van der Waals surface area contributed by atoms with Gasteiger partial charge in [0, 0.05) is 6.07 Å². The topological polar surface area (TPSA) is 83.4 Å². The fourth-order valence-corrected chi connectivity index (χ4v) is 1.54. The molecule has 1 heterocycles. The highest BCUT2D eigenvalue weighted by Gasteiger charge is 2.18. The maximum atomic E-state index is 13.5. The zero-order valence-electron chi connectivity index (χ0n) is 9.94. The second kappa shape index (κ2) is 5.01. The van der Waals surface area contributed by atoms with E-state index in [4.69, 9.17) is 19.7 Å². The summed E-state index contributed by atoms with van der Waals surface area (Å²) in [5, 5.41) is 3.71. The number of benzene rings is 1. The first-order chi connectivity index (χ1) is 8.69. The van der Waals surface area contributed by atoms with Crippen molar-refractivity contribution in [2.24, 2.45) is 5.73 Å². The SMILES string of the molecule is COc1cc(F)cc(-c2noc(CN)n2)c1OC. The minimum Gasteiger partial charge on any atom is -0.493 e. The highest BCUT2D eigenvalue weighted by molar-refractivity contribution is 5.68. The average Bonchev–Trinajstić information content (AvgIpc) is 2.86. The fourth-order valence-electron chi connectivity index (χ4n) is 1.54. The highest BCUT2D eigenvalue weighted by Crippen LogP contribution is 2.37. The van der Waals surface area contributed by atoms with Gasteiger partial charge in [-0.25, -0.2) is 4.39 Å². The molecule has 0 radical (unpaired) electrons. The predicted octanol–water partition coefficient (Wildman–Crippen LogP) is 1.35. The van der Waals surface area contributed by atoms with E-state index in [0.29, 0.717) is 11.3 Å². The summed E-state index contributed by atoms with van der Waals surface area (Å²) in [6.07, 6.45) is 0. The minimum absolute atomic E-state index is 0.113. The van der Waals surface area contributed by atoms with Crippen molar-refractivity contribution in [1.29, 1.82) is 0 Å². The van der Waals surface area contributed by atoms with Crippen LogP contribution in [0.1, 0.15) is 5.89 Å². The number of ether oxygens (including phenoxy) is 2. The van der Waals surface area contributed by atoms with Gasteiger partial charge in [0.1, 0.15) is 5.82 Å². The minimum atomic E-state index is -0.484. The lowest BCUT2D eigenvalue weighted by Gasteiger charge is -2.10. The normalized spacial score (nSPS) is 10.4. The second-order valence-corrected chi connectivity index (χ2v) is 3.40. The molecule has 0 fully saturated rings. The third kappa shape index (κ3) is 2.12. The van der Waals surface area contributed by atoms with E-state index < -0.39 is 5.82 Å². The van der Waals surface area contributed by atoms with Crippen LogP contribution in [0, 0.1) is 5.82 Å². The molecule has 0 amide bonds. The van der Waals surface area contributed by atoms with E-state index >= 15 is 0 Å². The third-order valence-corrected chi connectivity index (χ3v) is 2.33. The molecule has 0 spiro atoms. The Balaban J connectivity index is 2.58. The summed E-state index contributed by atoms with van der Waals surface area (Å²) in [5.41, 5.74) is 5.72. The summed E-state index contributed by atoms with van der Waals surface area (Å²) in [7, 11) is 2.87. The van der Waals surface area contributed by atoms with Gasteiger partial charge in [0.05, 0.1) is 26.3 Å². The standard InChI is InChI=1S/C11H12FN3O3/c1-16-8-4-6(12)3-7(10(8)17-2)11-14-9(5-13)18-15-11/h3-4H,5,13H2,1-2H3. The lowest BCUT2D eigenvalue weighted by molar-refractivity contribution is 0.352. The van der Waals surface area contributed by atoms with E-state index in [1.54, 1.807) is 0 Å². The number of nitrogens with zero attached hydrogens (tertiary/aromatic N) is 2. The van der Waals surface area contributed by atoms with E-state index in [1.807, 2.05) is 0 Å². The van der Waals surface area contributed by atoms with Crippen molar-refractivity contribution in [2.45, 2.75) is 6.54 Å². The quantitative estimate of drug-likeness (QED) is 0.885. The van der Waals surface area contributed by atoms with Crippen LogP contribution < -0.4 is 15.2 Å². The van der Waals surface area contributed by atoms with Gasteiger partial charge in [0.15, 0.2) is 11.5 Å². The molecule has 96 valence electrons. The molecular formula is C11H12FN3O3. The molecule has 1 aromatic heterocycles. The molecule has 1 aromatic carbocycles. The van der Waals surface area contributed by atoms with Crippen LogP contribution in [0.15, 0.2) is 16.7 Å². The van der Waals surface area contributed by atoms with Gasteiger partial charge < -0.3 is 19.7 Å². The van der Waals surface area contributed by atoms with Crippen LogP contribution >= 0.6 is 0 Å². The van der Waals surface area contributed by atoms with Gasteiger partial charge in [-0.1, -0.05) is 5.16 Å². The van der Waals surface area contributed by atoms with Crippen molar-refractivity contribution in [2.75, 3.05) is 14.2 Å². The zero-order chi connectivity index (χ0) is 13.1. The summed E-state index contributed by atoms with van der Waals surface area (Å²) in [4.78, 5) is 4.02. The van der Waals surface area contributed by atoms with Gasteiger partial charge in [-0.2, -0.15) is 4.98 Å². The van der Waals surface area contributed by atoms with E-state index in [-0.39, 0.29) is 24.0 Å². The Kier molecular flexibility index (Phi) is 3.42. The van der Waals surface area contributed by atoms with Crippen LogP contribution in [0.2, 0.25) is 0 Å². The Bertz CT molecular complexity index is 556. The van der Waals surface area contributed by atoms with E-state index in [1.165, 1.54) is 26.4 Å². The number of halogens is 1. The molecule has 18 heavy (non-hydrogen) atoms. The van der Waals surface area contributed by atoms with Gasteiger partial charge >= 0.3 is 0 Å². The van der Waals surface area contributed by atoms with Crippen molar-refractivity contribution in [3.8, 4) is 22.9 Å². The molecule has 0 aliphatic heterocycles. The molecular weight excluding hydrogens is 241 g/mol. The number of hydrogen-bond acceptors (Lipinski definition) is 6. The molecule has 0 saturated heterocycles. The van der Waals surface area contributed by atoms with Crippen LogP contribution in [0.4, 0.5) is 4.39 Å². The molecule has 0 aliphatic carbocycles. The first-order valence-electron chi connectivity index (χ1n) is 5.14. The van der Waals surface area contributed by atoms with Gasteiger partial charge in [-0.3, -0.25) is 0 Å². The van der Waals surface area contributed by atoms with E-state index in [9.17, 15) is 4.39 Å². The number of nitrogens with two attached hydrogens (primary N) is 1. The Labute approximate surface area is 103 Å². The molecule has 7 heteroatoms. The lowest BCUT2D eigenvalue weighted by atomic mass is 10.1. The maximum absolute atomic E-state index is 13.5. The summed E-state index contributed by atoms with van der Waals surface area (Å²) in [6.45, 7) is 0.113. The molecule has 2 rings (SSSR count). The van der Waals surface area contributed by atoms with E-state index in [2.05, 4.69) is 10.1 Å². The van der Waals surface area contributed by atoms with E-state index in [0.717, 1.165) is 0 Å². The maximum Gasteiger partial charge on any atom is 0.240 e. The smallest absolute Gasteiger partial charge is 0.240 e.